The van der Waals surface area contributed by atoms with Gasteiger partial charge in [0.25, 0.3) is 5.69 Å². The second kappa shape index (κ2) is 6.04. The average molecular weight is 303 g/mol. The van der Waals surface area contributed by atoms with E-state index in [2.05, 4.69) is 5.32 Å². The summed E-state index contributed by atoms with van der Waals surface area (Å²) >= 11 is 0. The summed E-state index contributed by atoms with van der Waals surface area (Å²) in [5.74, 6) is 0.206. The van der Waals surface area contributed by atoms with Crippen LogP contribution in [-0.2, 0) is 11.3 Å². The van der Waals surface area contributed by atoms with E-state index in [0.29, 0.717) is 6.54 Å². The Morgan fingerprint density at radius 3 is 2.86 bits per heavy atom. The standard InChI is InChI=1S/C16H21N3O3/c20-15-16(6-2-8-17-12-16)7-3-9-18(15)11-13-4-1-5-14(10-13)19(21)22/h1,4-5,10,17H,2-3,6-9,11-12H2. The Hall–Kier alpha value is -1.95. The van der Waals surface area contributed by atoms with Crippen molar-refractivity contribution in [1.82, 2.24) is 10.2 Å². The van der Waals surface area contributed by atoms with Crippen LogP contribution in [0, 0.1) is 15.5 Å². The number of nitrogens with zero attached hydrogens (tertiary/aromatic N) is 2. The highest BCUT2D eigenvalue weighted by Crippen LogP contribution is 2.37. The molecule has 1 unspecified atom stereocenters. The van der Waals surface area contributed by atoms with E-state index in [9.17, 15) is 14.9 Å². The first-order valence-corrected chi connectivity index (χ1v) is 7.84. The fourth-order valence-electron chi connectivity index (χ4n) is 3.66. The number of nitrogens with one attached hydrogen (secondary N) is 1. The van der Waals surface area contributed by atoms with Gasteiger partial charge in [0.05, 0.1) is 10.3 Å². The Labute approximate surface area is 129 Å². The van der Waals surface area contributed by atoms with E-state index in [-0.39, 0.29) is 17.0 Å². The third-order valence-electron chi connectivity index (χ3n) is 4.79. The van der Waals surface area contributed by atoms with Crippen molar-refractivity contribution in [2.24, 2.45) is 5.41 Å². The molecule has 6 heteroatoms. The van der Waals surface area contributed by atoms with Crippen LogP contribution in [0.1, 0.15) is 31.2 Å². The van der Waals surface area contributed by atoms with Crippen LogP contribution in [0.25, 0.3) is 0 Å². The van der Waals surface area contributed by atoms with Crippen LogP contribution in [0.3, 0.4) is 0 Å². The molecule has 0 aromatic heterocycles. The quantitative estimate of drug-likeness (QED) is 0.685. The number of hydrogen-bond donors (Lipinski definition) is 1. The van der Waals surface area contributed by atoms with Gasteiger partial charge >= 0.3 is 0 Å². The zero-order chi connectivity index (χ0) is 15.6. The highest BCUT2D eigenvalue weighted by atomic mass is 16.6. The molecule has 1 aromatic rings. The minimum Gasteiger partial charge on any atom is -0.338 e. The minimum atomic E-state index is -0.395. The van der Waals surface area contributed by atoms with Gasteiger partial charge in [-0.3, -0.25) is 14.9 Å². The van der Waals surface area contributed by atoms with Crippen LogP contribution in [0.15, 0.2) is 24.3 Å². The van der Waals surface area contributed by atoms with E-state index >= 15 is 0 Å². The molecule has 3 rings (SSSR count). The number of benzene rings is 1. The minimum absolute atomic E-state index is 0.0796. The molecule has 1 N–H and O–H groups in total. The van der Waals surface area contributed by atoms with Crippen molar-refractivity contribution in [1.29, 1.82) is 0 Å². The molecule has 2 heterocycles. The van der Waals surface area contributed by atoms with Crippen molar-refractivity contribution in [3.05, 3.63) is 39.9 Å². The lowest BCUT2D eigenvalue weighted by molar-refractivity contribution is -0.384. The van der Waals surface area contributed by atoms with Crippen LogP contribution in [0.4, 0.5) is 5.69 Å². The maximum atomic E-state index is 12.9. The molecule has 1 amide bonds. The van der Waals surface area contributed by atoms with Gasteiger partial charge in [-0.15, -0.1) is 0 Å². The van der Waals surface area contributed by atoms with Crippen molar-refractivity contribution < 1.29 is 9.72 Å². The predicted molar refractivity (Wildman–Crippen MR) is 82.3 cm³/mol. The van der Waals surface area contributed by atoms with E-state index in [1.165, 1.54) is 6.07 Å². The number of hydrogen-bond acceptors (Lipinski definition) is 4. The number of carbonyl (C=O) groups is 1. The van der Waals surface area contributed by atoms with Crippen LogP contribution in [0.2, 0.25) is 0 Å². The molecule has 0 aliphatic carbocycles. The maximum absolute atomic E-state index is 12.9. The van der Waals surface area contributed by atoms with E-state index in [4.69, 9.17) is 0 Å². The number of nitro benzene ring substituents is 1. The molecule has 0 bridgehead atoms. The third-order valence-corrected chi connectivity index (χ3v) is 4.79. The highest BCUT2D eigenvalue weighted by Gasteiger charge is 2.44. The van der Waals surface area contributed by atoms with Crippen LogP contribution >= 0.6 is 0 Å². The van der Waals surface area contributed by atoms with Gasteiger partial charge in [0.2, 0.25) is 5.91 Å². The summed E-state index contributed by atoms with van der Waals surface area (Å²) < 4.78 is 0. The maximum Gasteiger partial charge on any atom is 0.269 e. The van der Waals surface area contributed by atoms with Crippen molar-refractivity contribution >= 4 is 11.6 Å². The summed E-state index contributed by atoms with van der Waals surface area (Å²) in [5.41, 5.74) is 0.649. The van der Waals surface area contributed by atoms with E-state index in [1.807, 2.05) is 11.0 Å². The number of piperidine rings is 2. The second-order valence-electron chi connectivity index (χ2n) is 6.32. The summed E-state index contributed by atoms with van der Waals surface area (Å²) in [5, 5.41) is 14.2. The van der Waals surface area contributed by atoms with Gasteiger partial charge in [0.1, 0.15) is 0 Å². The molecule has 2 saturated heterocycles. The van der Waals surface area contributed by atoms with Crippen molar-refractivity contribution in [3.63, 3.8) is 0 Å². The second-order valence-corrected chi connectivity index (χ2v) is 6.32. The van der Waals surface area contributed by atoms with Gasteiger partial charge in [0.15, 0.2) is 0 Å². The third kappa shape index (κ3) is 2.83. The lowest BCUT2D eigenvalue weighted by Gasteiger charge is -2.44. The number of nitro groups is 1. The van der Waals surface area contributed by atoms with Gasteiger partial charge in [0, 0.05) is 31.8 Å². The molecule has 1 atom stereocenters. The van der Waals surface area contributed by atoms with Crippen molar-refractivity contribution in [2.45, 2.75) is 32.2 Å². The van der Waals surface area contributed by atoms with Gasteiger partial charge in [-0.05, 0) is 37.8 Å². The highest BCUT2D eigenvalue weighted by molar-refractivity contribution is 5.84. The van der Waals surface area contributed by atoms with Crippen LogP contribution in [0.5, 0.6) is 0 Å². The topological polar surface area (TPSA) is 75.5 Å². The summed E-state index contributed by atoms with van der Waals surface area (Å²) in [7, 11) is 0. The normalized spacial score (nSPS) is 25.5. The number of amides is 1. The van der Waals surface area contributed by atoms with Gasteiger partial charge in [-0.25, -0.2) is 0 Å². The summed E-state index contributed by atoms with van der Waals surface area (Å²) in [6, 6.07) is 6.57. The van der Waals surface area contributed by atoms with E-state index in [0.717, 1.165) is 50.9 Å². The molecule has 1 spiro atoms. The predicted octanol–water partition coefficient (Wildman–Crippen LogP) is 2.09. The van der Waals surface area contributed by atoms with Gasteiger partial charge in [-0.2, -0.15) is 0 Å². The smallest absolute Gasteiger partial charge is 0.269 e. The molecule has 22 heavy (non-hydrogen) atoms. The Balaban J connectivity index is 1.75. The molecular weight excluding hydrogens is 282 g/mol. The first kappa shape index (κ1) is 15.0. The van der Waals surface area contributed by atoms with Gasteiger partial charge < -0.3 is 10.2 Å². The lowest BCUT2D eigenvalue weighted by Crippen LogP contribution is -2.54. The molecule has 118 valence electrons. The molecule has 2 aliphatic heterocycles. The first-order chi connectivity index (χ1) is 10.6. The number of non-ortho nitro benzene ring substituents is 1. The monoisotopic (exact) mass is 303 g/mol. The lowest BCUT2D eigenvalue weighted by atomic mass is 9.73. The van der Waals surface area contributed by atoms with Gasteiger partial charge in [-0.1, -0.05) is 12.1 Å². The zero-order valence-corrected chi connectivity index (χ0v) is 12.6. The number of carbonyl (C=O) groups excluding carboxylic acids is 1. The number of rotatable bonds is 3. The summed E-state index contributed by atoms with van der Waals surface area (Å²) in [4.78, 5) is 25.2. The zero-order valence-electron chi connectivity index (χ0n) is 12.6. The fourth-order valence-corrected chi connectivity index (χ4v) is 3.66. The molecule has 0 saturated carbocycles. The fraction of sp³-hybridized carbons (Fsp3) is 0.562. The Kier molecular flexibility index (Phi) is 4.11. The van der Waals surface area contributed by atoms with E-state index in [1.54, 1.807) is 12.1 Å². The number of likely N-dealkylation sites (tertiary alicyclic amines) is 1. The first-order valence-electron chi connectivity index (χ1n) is 7.84. The largest absolute Gasteiger partial charge is 0.338 e. The Morgan fingerprint density at radius 2 is 2.14 bits per heavy atom. The SMILES string of the molecule is O=C1N(Cc2cccc([N+](=O)[O-])c2)CCCC12CCCNC2. The average Bonchev–Trinajstić information content (AvgIpc) is 2.53. The van der Waals surface area contributed by atoms with Crippen molar-refractivity contribution in [2.75, 3.05) is 19.6 Å². The molecule has 2 aliphatic rings. The summed E-state index contributed by atoms with van der Waals surface area (Å²) in [6.45, 7) is 2.95. The molecule has 0 radical (unpaired) electrons. The molecule has 1 aromatic carbocycles. The van der Waals surface area contributed by atoms with Crippen LogP contribution in [-0.4, -0.2) is 35.4 Å². The molecule has 2 fully saturated rings. The molecule has 6 nitrogen and oxygen atoms in total. The summed E-state index contributed by atoms with van der Waals surface area (Å²) in [6.07, 6.45) is 3.94. The Bertz CT molecular complexity index is 576. The van der Waals surface area contributed by atoms with Crippen LogP contribution < -0.4 is 5.32 Å². The molecular formula is C16H21N3O3. The van der Waals surface area contributed by atoms with E-state index < -0.39 is 4.92 Å². The Morgan fingerprint density at radius 1 is 1.32 bits per heavy atom. The van der Waals surface area contributed by atoms with Crippen molar-refractivity contribution in [3.8, 4) is 0 Å².